The van der Waals surface area contributed by atoms with Crippen molar-refractivity contribution in [3.8, 4) is 0 Å². The van der Waals surface area contributed by atoms with E-state index in [1.807, 2.05) is 0 Å². The van der Waals surface area contributed by atoms with Crippen LogP contribution in [0.4, 0.5) is 5.69 Å². The van der Waals surface area contributed by atoms with Crippen LogP contribution in [0.1, 0.15) is 16.8 Å². The lowest BCUT2D eigenvalue weighted by Gasteiger charge is -2.13. The van der Waals surface area contributed by atoms with Crippen molar-refractivity contribution in [3.63, 3.8) is 0 Å². The molecule has 10 heteroatoms. The molecule has 0 unspecified atom stereocenters. The largest absolute Gasteiger partial charge is 0.480 e. The Morgan fingerprint density at radius 3 is 2.76 bits per heavy atom. The van der Waals surface area contributed by atoms with E-state index in [1.54, 1.807) is 6.26 Å². The van der Waals surface area contributed by atoms with Gasteiger partial charge in [0.25, 0.3) is 17.2 Å². The van der Waals surface area contributed by atoms with E-state index in [1.165, 1.54) is 11.8 Å². The lowest BCUT2D eigenvalue weighted by molar-refractivity contribution is -0.385. The van der Waals surface area contributed by atoms with Crippen molar-refractivity contribution in [1.82, 2.24) is 10.3 Å². The number of nitrogens with one attached hydrogen (secondary N) is 2. The Kier molecular flexibility index (Phi) is 5.91. The third-order valence-electron chi connectivity index (χ3n) is 2.56. The zero-order chi connectivity index (χ0) is 16.0. The van der Waals surface area contributed by atoms with Crippen molar-refractivity contribution < 1.29 is 19.6 Å². The molecule has 0 aliphatic rings. The molecule has 1 aromatic rings. The lowest BCUT2D eigenvalue weighted by Crippen LogP contribution is -2.42. The number of rotatable bonds is 7. The number of carboxylic acid groups (broad SMARTS) is 1. The monoisotopic (exact) mass is 315 g/mol. The molecule has 0 saturated heterocycles. The summed E-state index contributed by atoms with van der Waals surface area (Å²) in [5.74, 6) is -1.70. The molecule has 1 rings (SSSR count). The number of pyridine rings is 1. The molecule has 0 radical (unpaired) electrons. The van der Waals surface area contributed by atoms with E-state index in [0.717, 1.165) is 12.3 Å². The Bertz CT molecular complexity index is 614. The van der Waals surface area contributed by atoms with E-state index >= 15 is 0 Å². The maximum absolute atomic E-state index is 11.9. The van der Waals surface area contributed by atoms with Gasteiger partial charge in [0, 0.05) is 6.07 Å². The highest BCUT2D eigenvalue weighted by atomic mass is 32.2. The van der Waals surface area contributed by atoms with Crippen molar-refractivity contribution in [2.45, 2.75) is 12.5 Å². The molecule has 3 N–H and O–H groups in total. The van der Waals surface area contributed by atoms with E-state index < -0.39 is 39.7 Å². The molecule has 0 bridgehead atoms. The normalized spacial score (nSPS) is 11.7. The second kappa shape index (κ2) is 7.43. The van der Waals surface area contributed by atoms with E-state index in [0.29, 0.717) is 5.75 Å². The highest BCUT2D eigenvalue weighted by molar-refractivity contribution is 7.98. The van der Waals surface area contributed by atoms with Crippen molar-refractivity contribution in [1.29, 1.82) is 0 Å². The van der Waals surface area contributed by atoms with Crippen molar-refractivity contribution in [2.75, 3.05) is 12.0 Å². The highest BCUT2D eigenvalue weighted by Crippen LogP contribution is 2.09. The smallest absolute Gasteiger partial charge is 0.326 e. The van der Waals surface area contributed by atoms with Crippen LogP contribution in [0.5, 0.6) is 0 Å². The first kappa shape index (κ1) is 16.7. The molecule has 0 fully saturated rings. The molecule has 114 valence electrons. The number of nitro groups is 1. The first-order valence-electron chi connectivity index (χ1n) is 5.76. The minimum absolute atomic E-state index is 0.176. The number of H-pyrrole nitrogens is 1. The van der Waals surface area contributed by atoms with Crippen LogP contribution >= 0.6 is 11.8 Å². The van der Waals surface area contributed by atoms with Gasteiger partial charge >= 0.3 is 5.97 Å². The van der Waals surface area contributed by atoms with E-state index in [9.17, 15) is 24.5 Å². The van der Waals surface area contributed by atoms with Gasteiger partial charge in [-0.1, -0.05) is 0 Å². The topological polar surface area (TPSA) is 142 Å². The lowest BCUT2D eigenvalue weighted by atomic mass is 10.2. The minimum atomic E-state index is -1.24. The fourth-order valence-electron chi connectivity index (χ4n) is 1.48. The molecular weight excluding hydrogens is 302 g/mol. The van der Waals surface area contributed by atoms with Gasteiger partial charge in [0.15, 0.2) is 0 Å². The fraction of sp³-hybridized carbons (Fsp3) is 0.364. The van der Waals surface area contributed by atoms with Crippen LogP contribution < -0.4 is 10.9 Å². The standard InChI is InChI=1S/C11H13N3O6S/c1-21-3-2-8(11(17)18)13-10(16)7-4-6(14(19)20)5-12-9(7)15/h4-5,8H,2-3H2,1H3,(H,12,15)(H,13,16)(H,17,18)/t8-/m1/s1. The maximum atomic E-state index is 11.9. The Morgan fingerprint density at radius 2 is 2.24 bits per heavy atom. The molecule has 0 saturated carbocycles. The Labute approximate surface area is 122 Å². The number of aromatic nitrogens is 1. The summed E-state index contributed by atoms with van der Waals surface area (Å²) in [6.45, 7) is 0. The van der Waals surface area contributed by atoms with E-state index in [-0.39, 0.29) is 6.42 Å². The van der Waals surface area contributed by atoms with Gasteiger partial charge in [-0.15, -0.1) is 0 Å². The number of nitrogens with zero attached hydrogens (tertiary/aromatic N) is 1. The second-order valence-electron chi connectivity index (χ2n) is 4.00. The molecule has 0 aromatic carbocycles. The number of aromatic amines is 1. The molecule has 1 heterocycles. The number of hydrogen-bond donors (Lipinski definition) is 3. The zero-order valence-corrected chi connectivity index (χ0v) is 11.8. The summed E-state index contributed by atoms with van der Waals surface area (Å²) in [7, 11) is 0. The molecular formula is C11H13N3O6S. The van der Waals surface area contributed by atoms with Gasteiger partial charge in [-0.05, 0) is 18.4 Å². The summed E-state index contributed by atoms with van der Waals surface area (Å²) in [5, 5.41) is 21.8. The predicted molar refractivity (Wildman–Crippen MR) is 75.6 cm³/mol. The summed E-state index contributed by atoms with van der Waals surface area (Å²) >= 11 is 1.41. The number of aliphatic carboxylic acids is 1. The predicted octanol–water partition coefficient (Wildman–Crippen LogP) is 0.219. The first-order chi connectivity index (χ1) is 9.86. The summed E-state index contributed by atoms with van der Waals surface area (Å²) in [6.07, 6.45) is 2.82. The summed E-state index contributed by atoms with van der Waals surface area (Å²) in [6, 6.07) is -0.356. The summed E-state index contributed by atoms with van der Waals surface area (Å²) in [4.78, 5) is 46.3. The number of amides is 1. The average molecular weight is 315 g/mol. The summed E-state index contributed by atoms with van der Waals surface area (Å²) < 4.78 is 0. The van der Waals surface area contributed by atoms with Gasteiger partial charge in [0.1, 0.15) is 11.6 Å². The van der Waals surface area contributed by atoms with Gasteiger partial charge in [-0.3, -0.25) is 19.7 Å². The number of hydrogen-bond acceptors (Lipinski definition) is 6. The van der Waals surface area contributed by atoms with Gasteiger partial charge in [-0.25, -0.2) is 4.79 Å². The van der Waals surface area contributed by atoms with Gasteiger partial charge in [-0.2, -0.15) is 11.8 Å². The number of carbonyl (C=O) groups is 2. The molecule has 0 spiro atoms. The third kappa shape index (κ3) is 4.60. The van der Waals surface area contributed by atoms with Crippen molar-refractivity contribution >= 4 is 29.3 Å². The molecule has 1 amide bonds. The van der Waals surface area contributed by atoms with Crippen LogP contribution in [0.25, 0.3) is 0 Å². The van der Waals surface area contributed by atoms with Gasteiger partial charge in [0.05, 0.1) is 11.1 Å². The molecule has 1 atom stereocenters. The molecule has 0 aliphatic heterocycles. The van der Waals surface area contributed by atoms with Crippen LogP contribution in [0, 0.1) is 10.1 Å². The molecule has 0 aliphatic carbocycles. The number of carbonyl (C=O) groups excluding carboxylic acids is 1. The Balaban J connectivity index is 2.97. The minimum Gasteiger partial charge on any atom is -0.480 e. The van der Waals surface area contributed by atoms with Crippen LogP contribution in [-0.4, -0.2) is 44.9 Å². The van der Waals surface area contributed by atoms with Gasteiger partial charge < -0.3 is 15.4 Å². The Morgan fingerprint density at radius 1 is 1.57 bits per heavy atom. The van der Waals surface area contributed by atoms with Crippen LogP contribution in [-0.2, 0) is 4.79 Å². The second-order valence-corrected chi connectivity index (χ2v) is 4.99. The van der Waals surface area contributed by atoms with Gasteiger partial charge in [0.2, 0.25) is 0 Å². The molecule has 9 nitrogen and oxygen atoms in total. The molecule has 21 heavy (non-hydrogen) atoms. The quantitative estimate of drug-likeness (QED) is 0.482. The number of thioether (sulfide) groups is 1. The average Bonchev–Trinajstić information content (AvgIpc) is 2.42. The highest BCUT2D eigenvalue weighted by Gasteiger charge is 2.23. The van der Waals surface area contributed by atoms with Crippen LogP contribution in [0.2, 0.25) is 0 Å². The van der Waals surface area contributed by atoms with Crippen LogP contribution in [0.3, 0.4) is 0 Å². The fourth-order valence-corrected chi connectivity index (χ4v) is 1.95. The molecule has 1 aromatic heterocycles. The maximum Gasteiger partial charge on any atom is 0.326 e. The summed E-state index contributed by atoms with van der Waals surface area (Å²) in [5.41, 5.74) is -1.79. The van der Waals surface area contributed by atoms with E-state index in [4.69, 9.17) is 5.11 Å². The third-order valence-corrected chi connectivity index (χ3v) is 3.20. The zero-order valence-electron chi connectivity index (χ0n) is 11.0. The van der Waals surface area contributed by atoms with Crippen molar-refractivity contribution in [2.24, 2.45) is 0 Å². The van der Waals surface area contributed by atoms with Crippen molar-refractivity contribution in [3.05, 3.63) is 38.3 Å². The van der Waals surface area contributed by atoms with E-state index in [2.05, 4.69) is 10.3 Å². The Hall–Kier alpha value is -2.36. The first-order valence-corrected chi connectivity index (χ1v) is 7.16. The SMILES string of the molecule is CSCC[C@@H](NC(=O)c1cc([N+](=O)[O-])c[nH]c1=O)C(=O)O. The van der Waals surface area contributed by atoms with Crippen LogP contribution in [0.15, 0.2) is 17.1 Å². The number of carboxylic acids is 1.